The second-order valence-corrected chi connectivity index (χ2v) is 6.88. The van der Waals surface area contributed by atoms with Crippen LogP contribution >= 0.6 is 0 Å². The van der Waals surface area contributed by atoms with Gasteiger partial charge in [-0.25, -0.2) is 8.42 Å². The summed E-state index contributed by atoms with van der Waals surface area (Å²) in [7, 11) is -9.73. The third-order valence-corrected chi connectivity index (χ3v) is 4.44. The molecular weight excluding hydrogens is 326 g/mol. The zero-order chi connectivity index (χ0) is 16.2. The molecule has 114 valence electrons. The van der Waals surface area contributed by atoms with Crippen LogP contribution < -0.4 is 5.73 Å². The Balaban J connectivity index is 3.03. The van der Waals surface area contributed by atoms with Crippen molar-refractivity contribution in [1.82, 2.24) is 0 Å². The van der Waals surface area contributed by atoms with Gasteiger partial charge in [0.05, 0.1) is 16.0 Å². The molecule has 21 heavy (non-hydrogen) atoms. The quantitative estimate of drug-likeness (QED) is 0.333. The van der Waals surface area contributed by atoms with Gasteiger partial charge in [-0.1, -0.05) is 0 Å². The molecule has 0 aliphatic rings. The SMILES string of the molecule is Nc1c(S(=O)(=O)O)cc2cc(S(=O)(=O)[O-])cc(O)c2c1O. The molecule has 0 saturated carbocycles. The molecule has 0 spiro atoms. The number of phenols is 2. The summed E-state index contributed by atoms with van der Waals surface area (Å²) in [6.07, 6.45) is 0. The Hall–Kier alpha value is -2.08. The van der Waals surface area contributed by atoms with E-state index in [0.717, 1.165) is 12.1 Å². The smallest absolute Gasteiger partial charge is 0.296 e. The Morgan fingerprint density at radius 2 is 1.62 bits per heavy atom. The first kappa shape index (κ1) is 15.3. The van der Waals surface area contributed by atoms with E-state index in [4.69, 9.17) is 10.3 Å². The summed E-state index contributed by atoms with van der Waals surface area (Å²) in [5, 5.41) is 18.8. The van der Waals surface area contributed by atoms with Gasteiger partial charge in [0.2, 0.25) is 0 Å². The number of rotatable bonds is 2. The third kappa shape index (κ3) is 2.58. The van der Waals surface area contributed by atoms with Crippen molar-refractivity contribution in [2.24, 2.45) is 0 Å². The summed E-state index contributed by atoms with van der Waals surface area (Å²) in [4.78, 5) is -1.72. The summed E-state index contributed by atoms with van der Waals surface area (Å²) >= 11 is 0. The highest BCUT2D eigenvalue weighted by molar-refractivity contribution is 7.86. The van der Waals surface area contributed by atoms with E-state index in [2.05, 4.69) is 0 Å². The number of benzene rings is 2. The number of nitrogen functional groups attached to an aromatic ring is 1. The first-order chi connectivity index (χ1) is 9.43. The molecule has 0 aromatic heterocycles. The molecule has 0 heterocycles. The van der Waals surface area contributed by atoms with Crippen molar-refractivity contribution in [3.8, 4) is 11.5 Å². The molecular formula is C10H8NO8S2-. The molecule has 0 aliphatic heterocycles. The number of aromatic hydroxyl groups is 2. The van der Waals surface area contributed by atoms with Crippen molar-refractivity contribution in [1.29, 1.82) is 0 Å². The lowest BCUT2D eigenvalue weighted by Crippen LogP contribution is -2.04. The van der Waals surface area contributed by atoms with Crippen LogP contribution in [0.4, 0.5) is 5.69 Å². The second kappa shape index (κ2) is 4.46. The van der Waals surface area contributed by atoms with Crippen molar-refractivity contribution in [2.75, 3.05) is 5.73 Å². The summed E-state index contributed by atoms with van der Waals surface area (Å²) in [6.45, 7) is 0. The highest BCUT2D eigenvalue weighted by Gasteiger charge is 2.22. The highest BCUT2D eigenvalue weighted by atomic mass is 32.2. The predicted molar refractivity (Wildman–Crippen MR) is 69.5 cm³/mol. The summed E-state index contributed by atoms with van der Waals surface area (Å²) in [6, 6.07) is 2.07. The molecule has 2 rings (SSSR count). The van der Waals surface area contributed by atoms with Gasteiger partial charge in [0.25, 0.3) is 10.1 Å². The zero-order valence-electron chi connectivity index (χ0n) is 10.0. The number of anilines is 1. The normalized spacial score (nSPS) is 12.7. The van der Waals surface area contributed by atoms with E-state index in [1.807, 2.05) is 0 Å². The summed E-state index contributed by atoms with van der Waals surface area (Å²) in [5.41, 5.74) is 4.62. The largest absolute Gasteiger partial charge is 0.744 e. The summed E-state index contributed by atoms with van der Waals surface area (Å²) < 4.78 is 64.1. The second-order valence-electron chi connectivity index (χ2n) is 4.11. The molecule has 0 radical (unpaired) electrons. The van der Waals surface area contributed by atoms with Crippen molar-refractivity contribution in [2.45, 2.75) is 9.79 Å². The van der Waals surface area contributed by atoms with Gasteiger partial charge in [0, 0.05) is 0 Å². The maximum absolute atomic E-state index is 11.1. The minimum atomic E-state index is -4.92. The highest BCUT2D eigenvalue weighted by Crippen LogP contribution is 2.41. The van der Waals surface area contributed by atoms with Crippen LogP contribution in [0.25, 0.3) is 10.8 Å². The minimum absolute atomic E-state index is 0.302. The molecule has 0 saturated heterocycles. The minimum Gasteiger partial charge on any atom is -0.744 e. The van der Waals surface area contributed by atoms with Crippen molar-refractivity contribution < 1.29 is 36.2 Å². The van der Waals surface area contributed by atoms with E-state index >= 15 is 0 Å². The first-order valence-electron chi connectivity index (χ1n) is 5.14. The van der Waals surface area contributed by atoms with Gasteiger partial charge in [0.1, 0.15) is 20.8 Å². The van der Waals surface area contributed by atoms with Crippen LogP contribution in [0.2, 0.25) is 0 Å². The van der Waals surface area contributed by atoms with E-state index in [1.165, 1.54) is 0 Å². The number of hydrogen-bond acceptors (Lipinski definition) is 8. The van der Waals surface area contributed by atoms with Gasteiger partial charge in [-0.3, -0.25) is 4.55 Å². The Morgan fingerprint density at radius 1 is 1.05 bits per heavy atom. The molecule has 2 aromatic rings. The Kier molecular flexibility index (Phi) is 3.25. The Morgan fingerprint density at radius 3 is 2.10 bits per heavy atom. The van der Waals surface area contributed by atoms with Gasteiger partial charge in [0.15, 0.2) is 5.75 Å². The fraction of sp³-hybridized carbons (Fsp3) is 0. The van der Waals surface area contributed by atoms with Crippen LogP contribution in [-0.4, -0.2) is 36.2 Å². The number of nitrogens with two attached hydrogens (primary N) is 1. The number of phenolic OH excluding ortho intramolecular Hbond substituents is 2. The molecule has 0 fully saturated rings. The Bertz CT molecular complexity index is 962. The third-order valence-electron chi connectivity index (χ3n) is 2.73. The van der Waals surface area contributed by atoms with Crippen molar-refractivity contribution in [3.63, 3.8) is 0 Å². The maximum Gasteiger partial charge on any atom is 0.296 e. The van der Waals surface area contributed by atoms with Crippen LogP contribution in [0.5, 0.6) is 11.5 Å². The molecule has 2 aromatic carbocycles. The van der Waals surface area contributed by atoms with Crippen molar-refractivity contribution >= 4 is 36.7 Å². The Labute approximate surface area is 118 Å². The lowest BCUT2D eigenvalue weighted by atomic mass is 10.1. The van der Waals surface area contributed by atoms with Crippen LogP contribution in [0.3, 0.4) is 0 Å². The van der Waals surface area contributed by atoms with Crippen LogP contribution in [0.1, 0.15) is 0 Å². The first-order valence-corrected chi connectivity index (χ1v) is 7.99. The van der Waals surface area contributed by atoms with E-state index in [-0.39, 0.29) is 10.8 Å². The van der Waals surface area contributed by atoms with Gasteiger partial charge in [-0.2, -0.15) is 8.42 Å². The average molecular weight is 334 g/mol. The zero-order valence-corrected chi connectivity index (χ0v) is 11.6. The maximum atomic E-state index is 11.1. The molecule has 0 unspecified atom stereocenters. The average Bonchev–Trinajstić information content (AvgIpc) is 2.30. The molecule has 5 N–H and O–H groups in total. The number of hydrogen-bond donors (Lipinski definition) is 4. The molecule has 11 heteroatoms. The molecule has 0 amide bonds. The molecule has 0 atom stereocenters. The van der Waals surface area contributed by atoms with Crippen LogP contribution in [-0.2, 0) is 20.2 Å². The fourth-order valence-corrected chi connectivity index (χ4v) is 3.00. The van der Waals surface area contributed by atoms with Gasteiger partial charge in [-0.05, 0) is 23.6 Å². The van der Waals surface area contributed by atoms with Crippen LogP contribution in [0, 0.1) is 0 Å². The lowest BCUT2D eigenvalue weighted by Gasteiger charge is -2.13. The fourth-order valence-electron chi connectivity index (χ4n) is 1.82. The lowest BCUT2D eigenvalue weighted by molar-refractivity contribution is 0.453. The number of fused-ring (bicyclic) bond motifs is 1. The monoisotopic (exact) mass is 334 g/mol. The standard InChI is InChI=1S/C10H9NO8S2/c11-9-7(21(17,18)19)2-4-1-5(20(14,15)16)3-6(12)8(4)10(9)13/h1-3,12-13H,11H2,(H,14,15,16)(H,17,18,19)/p-1. The van der Waals surface area contributed by atoms with Gasteiger partial charge < -0.3 is 20.5 Å². The molecule has 9 nitrogen and oxygen atoms in total. The van der Waals surface area contributed by atoms with E-state index in [9.17, 15) is 31.6 Å². The molecule has 0 bridgehead atoms. The predicted octanol–water partition coefficient (Wildman–Crippen LogP) is -0.0160. The molecule has 0 aliphatic carbocycles. The van der Waals surface area contributed by atoms with Gasteiger partial charge in [-0.15, -0.1) is 0 Å². The van der Waals surface area contributed by atoms with Crippen molar-refractivity contribution in [3.05, 3.63) is 18.2 Å². The van der Waals surface area contributed by atoms with E-state index in [0.29, 0.717) is 6.07 Å². The van der Waals surface area contributed by atoms with Gasteiger partial charge >= 0.3 is 0 Å². The van der Waals surface area contributed by atoms with Crippen LogP contribution in [0.15, 0.2) is 28.0 Å². The van der Waals surface area contributed by atoms with E-state index in [1.54, 1.807) is 0 Å². The topological polar surface area (TPSA) is 178 Å². The summed E-state index contributed by atoms with van der Waals surface area (Å²) in [5.74, 6) is -1.65. The van der Waals surface area contributed by atoms with E-state index < -0.39 is 47.2 Å².